The van der Waals surface area contributed by atoms with Crippen molar-refractivity contribution >= 4 is 35.1 Å². The van der Waals surface area contributed by atoms with E-state index in [2.05, 4.69) is 15.4 Å². The summed E-state index contributed by atoms with van der Waals surface area (Å²) in [6.07, 6.45) is 2.39. The van der Waals surface area contributed by atoms with Crippen molar-refractivity contribution in [3.05, 3.63) is 52.9 Å². The van der Waals surface area contributed by atoms with E-state index >= 15 is 0 Å². The van der Waals surface area contributed by atoms with Gasteiger partial charge in [0.05, 0.1) is 36.2 Å². The van der Waals surface area contributed by atoms with Gasteiger partial charge in [0.25, 0.3) is 0 Å². The molecule has 2 aromatic rings. The molecule has 2 N–H and O–H groups in total. The summed E-state index contributed by atoms with van der Waals surface area (Å²) in [7, 11) is 1.26. The van der Waals surface area contributed by atoms with Crippen molar-refractivity contribution in [2.24, 2.45) is 5.41 Å². The maximum absolute atomic E-state index is 12.6. The molecular formula is C18H17ClN2O5. The number of ether oxygens (including phenoxy) is 1. The van der Waals surface area contributed by atoms with Gasteiger partial charge in [-0.2, -0.15) is 0 Å². The molecule has 0 aliphatic heterocycles. The number of esters is 1. The van der Waals surface area contributed by atoms with Gasteiger partial charge in [0.1, 0.15) is 11.2 Å². The second-order valence-corrected chi connectivity index (χ2v) is 6.39. The van der Waals surface area contributed by atoms with Crippen LogP contribution < -0.4 is 10.6 Å². The van der Waals surface area contributed by atoms with Gasteiger partial charge >= 0.3 is 5.97 Å². The molecule has 0 saturated heterocycles. The first-order valence-electron chi connectivity index (χ1n) is 7.96. The highest BCUT2D eigenvalue weighted by atomic mass is 35.5. The minimum atomic E-state index is -1.13. The molecule has 7 nitrogen and oxygen atoms in total. The van der Waals surface area contributed by atoms with Crippen molar-refractivity contribution in [1.29, 1.82) is 0 Å². The van der Waals surface area contributed by atoms with E-state index in [9.17, 15) is 14.4 Å². The van der Waals surface area contributed by atoms with Crippen molar-refractivity contribution in [3.8, 4) is 0 Å². The van der Waals surface area contributed by atoms with E-state index in [0.717, 1.165) is 0 Å². The Balaban J connectivity index is 1.69. The lowest BCUT2D eigenvalue weighted by Crippen LogP contribution is -2.39. The van der Waals surface area contributed by atoms with Crippen molar-refractivity contribution in [2.75, 3.05) is 12.4 Å². The zero-order valence-corrected chi connectivity index (χ0v) is 14.8. The second kappa shape index (κ2) is 7.21. The first-order valence-corrected chi connectivity index (χ1v) is 8.34. The van der Waals surface area contributed by atoms with Crippen LogP contribution in [-0.2, 0) is 20.9 Å². The molecule has 1 saturated carbocycles. The fourth-order valence-corrected chi connectivity index (χ4v) is 2.70. The van der Waals surface area contributed by atoms with Gasteiger partial charge in [0.2, 0.25) is 11.8 Å². The minimum absolute atomic E-state index is 0.208. The Bertz CT molecular complexity index is 843. The van der Waals surface area contributed by atoms with Gasteiger partial charge in [-0.25, -0.2) is 4.79 Å². The topological polar surface area (TPSA) is 97.6 Å². The standard InChI is InChI=1S/C18H17ClN2O5/c1-25-15(22)11-4-5-13(19)14(9-11)21-17(24)18(6-7-18)16(23)20-10-12-3-2-8-26-12/h2-5,8-9H,6-7,10H2,1H3,(H,20,23)(H,21,24). The molecule has 0 atom stereocenters. The highest BCUT2D eigenvalue weighted by molar-refractivity contribution is 6.34. The first kappa shape index (κ1) is 18.0. The molecule has 1 heterocycles. The third-order valence-electron chi connectivity index (χ3n) is 4.26. The van der Waals surface area contributed by atoms with Gasteiger partial charge in [-0.15, -0.1) is 0 Å². The van der Waals surface area contributed by atoms with Crippen LogP contribution in [0.5, 0.6) is 0 Å². The number of carbonyl (C=O) groups is 3. The molecule has 3 rings (SSSR count). The van der Waals surface area contributed by atoms with Crippen molar-refractivity contribution < 1.29 is 23.5 Å². The third kappa shape index (κ3) is 3.57. The third-order valence-corrected chi connectivity index (χ3v) is 4.59. The largest absolute Gasteiger partial charge is 0.467 e. The lowest BCUT2D eigenvalue weighted by Gasteiger charge is -2.16. The van der Waals surface area contributed by atoms with E-state index < -0.39 is 17.3 Å². The predicted molar refractivity (Wildman–Crippen MR) is 93.6 cm³/mol. The van der Waals surface area contributed by atoms with Crippen LogP contribution >= 0.6 is 11.6 Å². The number of amides is 2. The fraction of sp³-hybridized carbons (Fsp3) is 0.278. The minimum Gasteiger partial charge on any atom is -0.467 e. The Labute approximate surface area is 154 Å². The average Bonchev–Trinajstić information content (AvgIpc) is 3.30. The van der Waals surface area contributed by atoms with Crippen LogP contribution in [0.2, 0.25) is 5.02 Å². The molecule has 1 aromatic carbocycles. The molecule has 2 amide bonds. The average molecular weight is 377 g/mol. The SMILES string of the molecule is COC(=O)c1ccc(Cl)c(NC(=O)C2(C(=O)NCc3ccco3)CC2)c1. The van der Waals surface area contributed by atoms with Gasteiger partial charge in [0.15, 0.2) is 0 Å². The van der Waals surface area contributed by atoms with E-state index in [0.29, 0.717) is 18.6 Å². The van der Waals surface area contributed by atoms with Crippen LogP contribution in [0.25, 0.3) is 0 Å². The first-order chi connectivity index (χ1) is 12.5. The van der Waals surface area contributed by atoms with Gasteiger partial charge in [-0.3, -0.25) is 9.59 Å². The van der Waals surface area contributed by atoms with Crippen LogP contribution in [0.4, 0.5) is 5.69 Å². The second-order valence-electron chi connectivity index (χ2n) is 5.98. The van der Waals surface area contributed by atoms with E-state index in [4.69, 9.17) is 16.0 Å². The molecule has 0 spiro atoms. The summed E-state index contributed by atoms with van der Waals surface area (Å²) >= 11 is 6.09. The number of halogens is 1. The number of anilines is 1. The molecule has 1 aliphatic carbocycles. The summed E-state index contributed by atoms with van der Waals surface area (Å²) in [6, 6.07) is 7.85. The Hall–Kier alpha value is -2.80. The van der Waals surface area contributed by atoms with Crippen LogP contribution in [0.1, 0.15) is 29.0 Å². The highest BCUT2D eigenvalue weighted by Gasteiger charge is 2.56. The smallest absolute Gasteiger partial charge is 0.337 e. The van der Waals surface area contributed by atoms with Gasteiger partial charge in [-0.1, -0.05) is 11.6 Å². The normalized spacial score (nSPS) is 14.4. The summed E-state index contributed by atoms with van der Waals surface area (Å²) in [5, 5.41) is 5.61. The fourth-order valence-electron chi connectivity index (χ4n) is 2.54. The molecule has 0 bridgehead atoms. The van der Waals surface area contributed by atoms with Gasteiger partial charge in [-0.05, 0) is 43.2 Å². The lowest BCUT2D eigenvalue weighted by molar-refractivity contribution is -0.134. The molecule has 136 valence electrons. The number of nitrogens with one attached hydrogen (secondary N) is 2. The van der Waals surface area contributed by atoms with Crippen molar-refractivity contribution in [2.45, 2.75) is 19.4 Å². The van der Waals surface area contributed by atoms with Crippen LogP contribution in [0, 0.1) is 5.41 Å². The van der Waals surface area contributed by atoms with Crippen LogP contribution in [0.15, 0.2) is 41.0 Å². The van der Waals surface area contributed by atoms with Crippen LogP contribution in [-0.4, -0.2) is 24.9 Å². The summed E-state index contributed by atoms with van der Waals surface area (Å²) < 4.78 is 9.81. The van der Waals surface area contributed by atoms with Crippen LogP contribution in [0.3, 0.4) is 0 Å². The maximum Gasteiger partial charge on any atom is 0.337 e. The number of hydrogen-bond acceptors (Lipinski definition) is 5. The monoisotopic (exact) mass is 376 g/mol. The molecule has 0 unspecified atom stereocenters. The zero-order valence-electron chi connectivity index (χ0n) is 14.0. The summed E-state index contributed by atoms with van der Waals surface area (Å²) in [5.74, 6) is -0.775. The quantitative estimate of drug-likeness (QED) is 0.596. The maximum atomic E-state index is 12.6. The molecule has 1 aromatic heterocycles. The Kier molecular flexibility index (Phi) is 4.99. The molecule has 8 heteroatoms. The van der Waals surface area contributed by atoms with E-state index in [-0.39, 0.29) is 28.7 Å². The number of benzene rings is 1. The van der Waals surface area contributed by atoms with Crippen molar-refractivity contribution in [3.63, 3.8) is 0 Å². The molecule has 1 fully saturated rings. The molecular weight excluding hydrogens is 360 g/mol. The Morgan fingerprint density at radius 3 is 2.62 bits per heavy atom. The number of methoxy groups -OCH3 is 1. The number of carbonyl (C=O) groups excluding carboxylic acids is 3. The van der Waals surface area contributed by atoms with Gasteiger partial charge < -0.3 is 19.8 Å². The summed E-state index contributed by atoms with van der Waals surface area (Å²) in [6.45, 7) is 0.208. The summed E-state index contributed by atoms with van der Waals surface area (Å²) in [5.41, 5.74) is -0.624. The molecule has 26 heavy (non-hydrogen) atoms. The Morgan fingerprint density at radius 1 is 1.23 bits per heavy atom. The number of furan rings is 1. The number of hydrogen-bond donors (Lipinski definition) is 2. The van der Waals surface area contributed by atoms with Gasteiger partial charge in [0, 0.05) is 0 Å². The lowest BCUT2D eigenvalue weighted by atomic mass is 10.0. The zero-order chi connectivity index (χ0) is 18.7. The van der Waals surface area contributed by atoms with E-state index in [1.165, 1.54) is 31.6 Å². The van der Waals surface area contributed by atoms with E-state index in [1.54, 1.807) is 12.1 Å². The van der Waals surface area contributed by atoms with Crippen molar-refractivity contribution in [1.82, 2.24) is 5.32 Å². The highest BCUT2D eigenvalue weighted by Crippen LogP contribution is 2.47. The molecule has 1 aliphatic rings. The summed E-state index contributed by atoms with van der Waals surface area (Å²) in [4.78, 5) is 36.7. The Morgan fingerprint density at radius 2 is 2.00 bits per heavy atom. The molecule has 0 radical (unpaired) electrons. The van der Waals surface area contributed by atoms with E-state index in [1.807, 2.05) is 0 Å². The number of rotatable bonds is 6. The predicted octanol–water partition coefficient (Wildman–Crippen LogP) is 2.75.